The molecule has 4 heteroatoms. The van der Waals surface area contributed by atoms with Crippen molar-refractivity contribution in [2.24, 2.45) is 0 Å². The highest BCUT2D eigenvalue weighted by molar-refractivity contribution is 7.80. The molecule has 0 amide bonds. The van der Waals surface area contributed by atoms with Crippen LogP contribution in [0.25, 0.3) is 6.08 Å². The SMILES string of the molecule is CCCCCCCCCOC(CCCCCCCCC=Cc1ccc([P+](C)(C)C)cc1)OCCCCCCCCC.[Br-]. The first kappa shape index (κ1) is 41.8. The summed E-state index contributed by atoms with van der Waals surface area (Å²) in [5, 5.41) is 1.51. The molecule has 0 aliphatic carbocycles. The van der Waals surface area contributed by atoms with Gasteiger partial charge in [0, 0.05) is 20.5 Å². The number of unbranched alkanes of at least 4 members (excludes halogenated alkanes) is 18. The molecule has 1 aromatic rings. The summed E-state index contributed by atoms with van der Waals surface area (Å²) < 4.78 is 12.5. The molecule has 0 saturated carbocycles. The van der Waals surface area contributed by atoms with Crippen molar-refractivity contribution in [1.82, 2.24) is 0 Å². The topological polar surface area (TPSA) is 18.5 Å². The van der Waals surface area contributed by atoms with E-state index in [0.717, 1.165) is 19.6 Å². The maximum Gasteiger partial charge on any atom is 0.157 e. The Hall–Kier alpha value is -0.210. The number of halogens is 1. The molecule has 2 nitrogen and oxygen atoms in total. The third-order valence-corrected chi connectivity index (χ3v) is 9.99. The van der Waals surface area contributed by atoms with Crippen molar-refractivity contribution in [3.05, 3.63) is 35.9 Å². The lowest BCUT2D eigenvalue weighted by molar-refractivity contribution is -0.148. The second kappa shape index (κ2) is 29.5. The first-order valence-electron chi connectivity index (χ1n) is 17.8. The zero-order chi connectivity index (χ0) is 29.9. The van der Waals surface area contributed by atoms with Crippen molar-refractivity contribution in [3.8, 4) is 0 Å². The van der Waals surface area contributed by atoms with E-state index in [0.29, 0.717) is 0 Å². The van der Waals surface area contributed by atoms with Gasteiger partial charge in [0.1, 0.15) is 0 Å². The van der Waals surface area contributed by atoms with E-state index in [1.807, 2.05) is 0 Å². The predicted molar refractivity (Wildman–Crippen MR) is 188 cm³/mol. The minimum Gasteiger partial charge on any atom is -1.00 e. The highest BCUT2D eigenvalue weighted by Crippen LogP contribution is 2.44. The summed E-state index contributed by atoms with van der Waals surface area (Å²) in [6.45, 7) is 13.5. The van der Waals surface area contributed by atoms with Gasteiger partial charge in [0.15, 0.2) is 6.29 Å². The molecule has 0 fully saturated rings. The summed E-state index contributed by atoms with van der Waals surface area (Å²) in [7, 11) is -0.909. The van der Waals surface area contributed by atoms with Crippen LogP contribution in [0.3, 0.4) is 0 Å². The molecule has 0 radical (unpaired) electrons. The highest BCUT2D eigenvalue weighted by atomic mass is 79.9. The van der Waals surface area contributed by atoms with Gasteiger partial charge in [0.05, 0.1) is 25.3 Å². The maximum atomic E-state index is 6.23. The Morgan fingerprint density at radius 3 is 1.48 bits per heavy atom. The highest BCUT2D eigenvalue weighted by Gasteiger charge is 2.20. The fourth-order valence-electron chi connectivity index (χ4n) is 5.30. The molecule has 0 heterocycles. The average molecular weight is 670 g/mol. The number of allylic oxidation sites excluding steroid dienone is 1. The van der Waals surface area contributed by atoms with Gasteiger partial charge in [-0.2, -0.15) is 0 Å². The molecule has 42 heavy (non-hydrogen) atoms. The van der Waals surface area contributed by atoms with Crippen molar-refractivity contribution in [1.29, 1.82) is 0 Å². The normalized spacial score (nSPS) is 12.0. The molecular formula is C38H70BrO2P. The summed E-state index contributed by atoms with van der Waals surface area (Å²) in [5.41, 5.74) is 1.33. The smallest absolute Gasteiger partial charge is 0.157 e. The van der Waals surface area contributed by atoms with E-state index in [1.54, 1.807) is 0 Å². The number of hydrogen-bond donors (Lipinski definition) is 0. The Morgan fingerprint density at radius 2 is 1.00 bits per heavy atom. The maximum absolute atomic E-state index is 6.23. The van der Waals surface area contributed by atoms with Crippen LogP contribution in [-0.2, 0) is 9.47 Å². The van der Waals surface area contributed by atoms with Crippen molar-refractivity contribution in [2.75, 3.05) is 33.2 Å². The van der Waals surface area contributed by atoms with E-state index in [-0.39, 0.29) is 23.3 Å². The minimum atomic E-state index is -0.909. The van der Waals surface area contributed by atoms with Gasteiger partial charge in [-0.1, -0.05) is 141 Å². The van der Waals surface area contributed by atoms with Crippen molar-refractivity contribution in [3.63, 3.8) is 0 Å². The van der Waals surface area contributed by atoms with Crippen LogP contribution in [0.4, 0.5) is 0 Å². The predicted octanol–water partition coefficient (Wildman–Crippen LogP) is 9.22. The third kappa shape index (κ3) is 25.2. The molecule has 0 unspecified atom stereocenters. The molecule has 0 saturated heterocycles. The lowest BCUT2D eigenvalue weighted by Crippen LogP contribution is -3.00. The molecule has 0 bridgehead atoms. The van der Waals surface area contributed by atoms with Gasteiger partial charge in [-0.15, -0.1) is 0 Å². The van der Waals surface area contributed by atoms with Crippen molar-refractivity contribution >= 4 is 18.6 Å². The zero-order valence-electron chi connectivity index (χ0n) is 28.7. The van der Waals surface area contributed by atoms with Gasteiger partial charge in [0.25, 0.3) is 0 Å². The molecule has 0 spiro atoms. The quantitative estimate of drug-likeness (QED) is 0.0481. The van der Waals surface area contributed by atoms with Gasteiger partial charge >= 0.3 is 0 Å². The van der Waals surface area contributed by atoms with Crippen molar-refractivity contribution < 1.29 is 26.5 Å². The lowest BCUT2D eigenvalue weighted by atomic mass is 10.1. The van der Waals surface area contributed by atoms with Crippen LogP contribution in [0.15, 0.2) is 30.3 Å². The second-order valence-electron chi connectivity index (χ2n) is 13.1. The van der Waals surface area contributed by atoms with Crippen LogP contribution >= 0.6 is 7.26 Å². The molecule has 0 aliphatic rings. The largest absolute Gasteiger partial charge is 1.00 e. The Balaban J connectivity index is 0.0000168. The van der Waals surface area contributed by atoms with E-state index < -0.39 is 7.26 Å². The van der Waals surface area contributed by atoms with Crippen LogP contribution in [0.5, 0.6) is 0 Å². The van der Waals surface area contributed by atoms with Crippen LogP contribution in [-0.4, -0.2) is 39.5 Å². The summed E-state index contributed by atoms with van der Waals surface area (Å²) >= 11 is 0. The monoisotopic (exact) mass is 668 g/mol. The van der Waals surface area contributed by atoms with E-state index in [1.165, 1.54) is 146 Å². The molecule has 1 rings (SSSR count). The Bertz CT molecular complexity index is 693. The Morgan fingerprint density at radius 1 is 0.571 bits per heavy atom. The van der Waals surface area contributed by atoms with Crippen LogP contribution in [0.1, 0.15) is 161 Å². The summed E-state index contributed by atoms with van der Waals surface area (Å²) in [4.78, 5) is 0. The summed E-state index contributed by atoms with van der Waals surface area (Å²) in [6.07, 6.45) is 33.4. The van der Waals surface area contributed by atoms with Crippen LogP contribution in [0.2, 0.25) is 0 Å². The Kier molecular flexibility index (Phi) is 29.4. The third-order valence-electron chi connectivity index (χ3n) is 8.14. The van der Waals surface area contributed by atoms with Gasteiger partial charge in [-0.3, -0.25) is 0 Å². The fourth-order valence-corrected chi connectivity index (χ4v) is 6.34. The van der Waals surface area contributed by atoms with Gasteiger partial charge in [-0.25, -0.2) is 0 Å². The molecule has 0 aromatic heterocycles. The van der Waals surface area contributed by atoms with E-state index >= 15 is 0 Å². The molecule has 0 aliphatic heterocycles. The first-order valence-corrected chi connectivity index (χ1v) is 20.9. The molecule has 0 atom stereocenters. The van der Waals surface area contributed by atoms with E-state index in [4.69, 9.17) is 9.47 Å². The molecule has 246 valence electrons. The van der Waals surface area contributed by atoms with Crippen LogP contribution < -0.4 is 22.3 Å². The number of rotatable bonds is 29. The Labute approximate surface area is 274 Å². The average Bonchev–Trinajstić information content (AvgIpc) is 2.96. The van der Waals surface area contributed by atoms with E-state index in [9.17, 15) is 0 Å². The minimum absolute atomic E-state index is 0. The van der Waals surface area contributed by atoms with Gasteiger partial charge in [-0.05, 0) is 56.2 Å². The molecule has 1 aromatic carbocycles. The summed E-state index contributed by atoms with van der Waals surface area (Å²) in [6, 6.07) is 9.20. The number of ether oxygens (including phenoxy) is 2. The second-order valence-corrected chi connectivity index (χ2v) is 17.7. The number of benzene rings is 1. The van der Waals surface area contributed by atoms with Crippen molar-refractivity contribution in [2.45, 2.75) is 161 Å². The van der Waals surface area contributed by atoms with E-state index in [2.05, 4.69) is 70.3 Å². The fraction of sp³-hybridized carbons (Fsp3) is 0.789. The lowest BCUT2D eigenvalue weighted by Gasteiger charge is -2.19. The molecular weight excluding hydrogens is 599 g/mol. The first-order chi connectivity index (χ1) is 20.0. The standard InChI is InChI=1S/C38H70O2P.BrH/c1-6-8-10-12-18-22-26-34-39-38(40-35-27-23-19-13-11-9-7-2)29-25-21-17-15-14-16-20-24-28-36-30-32-37(33-31-36)41(3,4)5;/h24,28,30-33,38H,6-23,25-27,29,34-35H2,1-5H3;1H/q+1;/p-1. The number of hydrogen-bond acceptors (Lipinski definition) is 2. The summed E-state index contributed by atoms with van der Waals surface area (Å²) in [5.74, 6) is 0. The van der Waals surface area contributed by atoms with Gasteiger partial charge in [0.2, 0.25) is 0 Å². The molecule has 0 N–H and O–H groups in total. The van der Waals surface area contributed by atoms with Gasteiger partial charge < -0.3 is 26.5 Å². The zero-order valence-corrected chi connectivity index (χ0v) is 31.1. The van der Waals surface area contributed by atoms with Crippen LogP contribution in [0, 0.1) is 0 Å².